The maximum atomic E-state index is 12.3. The summed E-state index contributed by atoms with van der Waals surface area (Å²) in [5, 5.41) is 12.0. The Morgan fingerprint density at radius 3 is 2.62 bits per heavy atom. The van der Waals surface area contributed by atoms with Crippen LogP contribution in [0.4, 0.5) is 0 Å². The summed E-state index contributed by atoms with van der Waals surface area (Å²) in [4.78, 5) is 23.3. The predicted molar refractivity (Wildman–Crippen MR) is 78.9 cm³/mol. The number of carboxylic acids is 1. The fourth-order valence-electron chi connectivity index (χ4n) is 3.69. The third kappa shape index (κ3) is 4.70. The average molecular weight is 297 g/mol. The van der Waals surface area contributed by atoms with Crippen LogP contribution in [0.1, 0.15) is 58.3 Å². The number of aliphatic carboxylic acids is 1. The first-order chi connectivity index (χ1) is 10.0. The normalized spacial score (nSPS) is 28.2. The van der Waals surface area contributed by atoms with Crippen LogP contribution < -0.4 is 5.32 Å². The molecule has 0 spiro atoms. The Morgan fingerprint density at radius 2 is 2.05 bits per heavy atom. The average Bonchev–Trinajstić information content (AvgIpc) is 2.86. The Hall–Kier alpha value is -1.10. The highest BCUT2D eigenvalue weighted by molar-refractivity contribution is 5.78. The second-order valence-corrected chi connectivity index (χ2v) is 6.78. The van der Waals surface area contributed by atoms with Crippen molar-refractivity contribution >= 4 is 11.9 Å². The smallest absolute Gasteiger partial charge is 0.305 e. The SMILES string of the molecule is CC(CC(=O)NC1(CC(=O)O)CCOC1)C1CCCCC1. The van der Waals surface area contributed by atoms with Crippen molar-refractivity contribution in [1.82, 2.24) is 5.32 Å². The fraction of sp³-hybridized carbons (Fsp3) is 0.875. The number of carbonyl (C=O) groups excluding carboxylic acids is 1. The van der Waals surface area contributed by atoms with E-state index < -0.39 is 11.5 Å². The maximum absolute atomic E-state index is 12.3. The standard InChI is InChI=1S/C16H27NO4/c1-12(13-5-3-2-4-6-13)9-14(18)17-16(10-15(19)20)7-8-21-11-16/h12-13H,2-11H2,1H3,(H,17,18)(H,19,20). The Labute approximate surface area is 126 Å². The van der Waals surface area contributed by atoms with Crippen molar-refractivity contribution in [2.45, 2.75) is 63.8 Å². The highest BCUT2D eigenvalue weighted by atomic mass is 16.5. The maximum Gasteiger partial charge on any atom is 0.305 e. The zero-order chi connectivity index (χ0) is 15.3. The summed E-state index contributed by atoms with van der Waals surface area (Å²) in [5.41, 5.74) is -0.699. The molecule has 0 aromatic heterocycles. The molecular formula is C16H27NO4. The lowest BCUT2D eigenvalue weighted by Gasteiger charge is -2.30. The molecule has 0 bridgehead atoms. The Kier molecular flexibility index (Phi) is 5.62. The van der Waals surface area contributed by atoms with Crippen LogP contribution in [-0.4, -0.2) is 35.7 Å². The molecule has 2 atom stereocenters. The Morgan fingerprint density at radius 1 is 1.33 bits per heavy atom. The summed E-state index contributed by atoms with van der Waals surface area (Å²) in [5.74, 6) is 0.0928. The molecule has 5 heteroatoms. The molecule has 1 amide bonds. The van der Waals surface area contributed by atoms with Crippen LogP contribution in [-0.2, 0) is 14.3 Å². The van der Waals surface area contributed by atoms with E-state index in [1.807, 2.05) is 0 Å². The van der Waals surface area contributed by atoms with Gasteiger partial charge in [0.2, 0.25) is 5.91 Å². The molecule has 1 aliphatic heterocycles. The lowest BCUT2D eigenvalue weighted by Crippen LogP contribution is -2.51. The van der Waals surface area contributed by atoms with E-state index in [4.69, 9.17) is 9.84 Å². The Balaban J connectivity index is 1.85. The van der Waals surface area contributed by atoms with E-state index in [0.717, 1.165) is 0 Å². The number of carboxylic acid groups (broad SMARTS) is 1. The topological polar surface area (TPSA) is 75.6 Å². The van der Waals surface area contributed by atoms with E-state index >= 15 is 0 Å². The van der Waals surface area contributed by atoms with Crippen LogP contribution in [0.3, 0.4) is 0 Å². The number of nitrogens with one attached hydrogen (secondary N) is 1. The van der Waals surface area contributed by atoms with Crippen LogP contribution in [0.2, 0.25) is 0 Å². The van der Waals surface area contributed by atoms with Gasteiger partial charge in [-0.25, -0.2) is 0 Å². The van der Waals surface area contributed by atoms with Gasteiger partial charge in [0.05, 0.1) is 18.6 Å². The minimum atomic E-state index is -0.888. The van der Waals surface area contributed by atoms with Crippen molar-refractivity contribution in [3.8, 4) is 0 Å². The van der Waals surface area contributed by atoms with Gasteiger partial charge in [-0.05, 0) is 18.3 Å². The Bertz CT molecular complexity index is 370. The van der Waals surface area contributed by atoms with Crippen molar-refractivity contribution in [3.05, 3.63) is 0 Å². The molecule has 2 N–H and O–H groups in total. The van der Waals surface area contributed by atoms with Crippen molar-refractivity contribution in [3.63, 3.8) is 0 Å². The second kappa shape index (κ2) is 7.25. The van der Waals surface area contributed by atoms with E-state index in [-0.39, 0.29) is 12.3 Å². The predicted octanol–water partition coefficient (Wildman–Crippen LogP) is 2.34. The molecule has 5 nitrogen and oxygen atoms in total. The summed E-state index contributed by atoms with van der Waals surface area (Å²) in [6.45, 7) is 2.97. The van der Waals surface area contributed by atoms with Crippen LogP contribution in [0.5, 0.6) is 0 Å². The van der Waals surface area contributed by atoms with Gasteiger partial charge in [-0.1, -0.05) is 39.0 Å². The number of amides is 1. The summed E-state index contributed by atoms with van der Waals surface area (Å²) in [6.07, 6.45) is 7.32. The van der Waals surface area contributed by atoms with E-state index in [9.17, 15) is 9.59 Å². The van der Waals surface area contributed by atoms with E-state index in [1.54, 1.807) is 0 Å². The van der Waals surface area contributed by atoms with Gasteiger partial charge >= 0.3 is 5.97 Å². The van der Waals surface area contributed by atoms with E-state index in [2.05, 4.69) is 12.2 Å². The molecule has 1 saturated heterocycles. The fourth-order valence-corrected chi connectivity index (χ4v) is 3.69. The summed E-state index contributed by atoms with van der Waals surface area (Å²) >= 11 is 0. The van der Waals surface area contributed by atoms with Crippen molar-refractivity contribution < 1.29 is 19.4 Å². The molecule has 1 saturated carbocycles. The molecule has 2 fully saturated rings. The van der Waals surface area contributed by atoms with Crippen molar-refractivity contribution in [1.29, 1.82) is 0 Å². The van der Waals surface area contributed by atoms with Crippen molar-refractivity contribution in [2.24, 2.45) is 11.8 Å². The lowest BCUT2D eigenvalue weighted by atomic mass is 9.79. The van der Waals surface area contributed by atoms with Crippen LogP contribution in [0.25, 0.3) is 0 Å². The van der Waals surface area contributed by atoms with Gasteiger partial charge in [-0.3, -0.25) is 9.59 Å². The highest BCUT2D eigenvalue weighted by Crippen LogP contribution is 2.32. The first-order valence-corrected chi connectivity index (χ1v) is 8.11. The highest BCUT2D eigenvalue weighted by Gasteiger charge is 2.39. The third-order valence-corrected chi connectivity index (χ3v) is 4.96. The third-order valence-electron chi connectivity index (χ3n) is 4.96. The van der Waals surface area contributed by atoms with E-state index in [0.29, 0.717) is 37.9 Å². The molecule has 0 aromatic carbocycles. The van der Waals surface area contributed by atoms with Gasteiger partial charge in [0.1, 0.15) is 0 Å². The first-order valence-electron chi connectivity index (χ1n) is 8.11. The van der Waals surface area contributed by atoms with Gasteiger partial charge in [-0.15, -0.1) is 0 Å². The quantitative estimate of drug-likeness (QED) is 0.789. The monoisotopic (exact) mass is 297 g/mol. The number of hydrogen-bond acceptors (Lipinski definition) is 3. The molecular weight excluding hydrogens is 270 g/mol. The molecule has 2 rings (SSSR count). The molecule has 0 radical (unpaired) electrons. The molecule has 21 heavy (non-hydrogen) atoms. The summed E-state index contributed by atoms with van der Waals surface area (Å²) in [7, 11) is 0. The largest absolute Gasteiger partial charge is 0.481 e. The number of carbonyl (C=O) groups is 2. The van der Waals surface area contributed by atoms with Crippen molar-refractivity contribution in [2.75, 3.05) is 13.2 Å². The minimum absolute atomic E-state index is 0.0279. The zero-order valence-corrected chi connectivity index (χ0v) is 12.9. The van der Waals surface area contributed by atoms with Gasteiger partial charge in [-0.2, -0.15) is 0 Å². The molecule has 1 heterocycles. The van der Waals surface area contributed by atoms with Crippen LogP contribution in [0, 0.1) is 11.8 Å². The number of ether oxygens (including phenoxy) is 1. The van der Waals surface area contributed by atoms with Gasteiger partial charge < -0.3 is 15.2 Å². The summed E-state index contributed by atoms with van der Waals surface area (Å²) < 4.78 is 5.31. The van der Waals surface area contributed by atoms with Gasteiger partial charge in [0.15, 0.2) is 0 Å². The van der Waals surface area contributed by atoms with Crippen LogP contribution in [0.15, 0.2) is 0 Å². The minimum Gasteiger partial charge on any atom is -0.481 e. The van der Waals surface area contributed by atoms with Gasteiger partial charge in [0, 0.05) is 13.0 Å². The zero-order valence-electron chi connectivity index (χ0n) is 12.9. The van der Waals surface area contributed by atoms with Crippen LogP contribution >= 0.6 is 0 Å². The molecule has 1 aliphatic carbocycles. The van der Waals surface area contributed by atoms with Gasteiger partial charge in [0.25, 0.3) is 0 Å². The molecule has 120 valence electrons. The van der Waals surface area contributed by atoms with E-state index in [1.165, 1.54) is 32.1 Å². The first kappa shape index (κ1) is 16.3. The molecule has 2 unspecified atom stereocenters. The number of rotatable bonds is 6. The second-order valence-electron chi connectivity index (χ2n) is 6.78. The summed E-state index contributed by atoms with van der Waals surface area (Å²) in [6, 6.07) is 0. The number of hydrogen-bond donors (Lipinski definition) is 2. The lowest BCUT2D eigenvalue weighted by molar-refractivity contribution is -0.139. The molecule has 0 aromatic rings. The molecule has 2 aliphatic rings.